The van der Waals surface area contributed by atoms with Crippen LogP contribution >= 0.6 is 0 Å². The van der Waals surface area contributed by atoms with E-state index in [1.807, 2.05) is 13.0 Å². The van der Waals surface area contributed by atoms with Crippen LogP contribution in [-0.4, -0.2) is 21.0 Å². The van der Waals surface area contributed by atoms with Gasteiger partial charge in [0.05, 0.1) is 16.6 Å². The standard InChI is InChI=1S/C20H20N2O4/c1-2-14-12(20(24)25)10-13-18(23)17-16(26-19(13)22-14)9-8-15(21-17)11-6-4-3-5-7-11/h8-11H,2-7H2,1H3,(H,24,25). The van der Waals surface area contributed by atoms with Gasteiger partial charge in [-0.1, -0.05) is 26.2 Å². The Morgan fingerprint density at radius 1 is 1.23 bits per heavy atom. The van der Waals surface area contributed by atoms with Crippen LogP contribution in [0.2, 0.25) is 0 Å². The highest BCUT2D eigenvalue weighted by Gasteiger charge is 2.20. The maximum absolute atomic E-state index is 12.9. The van der Waals surface area contributed by atoms with Crippen molar-refractivity contribution in [3.8, 4) is 0 Å². The van der Waals surface area contributed by atoms with Gasteiger partial charge in [0.25, 0.3) is 0 Å². The average Bonchev–Trinajstić information content (AvgIpc) is 2.67. The van der Waals surface area contributed by atoms with Gasteiger partial charge in [-0.3, -0.25) is 4.79 Å². The third kappa shape index (κ3) is 2.75. The minimum absolute atomic E-state index is 0.0371. The highest BCUT2D eigenvalue weighted by atomic mass is 16.4. The molecule has 3 heterocycles. The number of fused-ring (bicyclic) bond motifs is 2. The van der Waals surface area contributed by atoms with E-state index in [1.165, 1.54) is 25.3 Å². The van der Waals surface area contributed by atoms with Crippen molar-refractivity contribution in [1.82, 2.24) is 9.97 Å². The lowest BCUT2D eigenvalue weighted by Gasteiger charge is -2.21. The first-order chi connectivity index (χ1) is 12.6. The minimum atomic E-state index is -1.10. The second kappa shape index (κ2) is 6.52. The summed E-state index contributed by atoms with van der Waals surface area (Å²) in [6.45, 7) is 1.82. The van der Waals surface area contributed by atoms with Gasteiger partial charge in [0, 0.05) is 11.6 Å². The summed E-state index contributed by atoms with van der Waals surface area (Å²) in [7, 11) is 0. The van der Waals surface area contributed by atoms with Crippen molar-refractivity contribution in [2.24, 2.45) is 0 Å². The molecule has 0 saturated heterocycles. The SMILES string of the molecule is CCc1nc2oc3ccc(C4CCCCC4)nc3c(=O)c2cc1C(=O)O. The summed E-state index contributed by atoms with van der Waals surface area (Å²) in [4.78, 5) is 33.3. The summed E-state index contributed by atoms with van der Waals surface area (Å²) < 4.78 is 5.78. The van der Waals surface area contributed by atoms with E-state index in [-0.39, 0.29) is 27.6 Å². The molecule has 4 rings (SSSR count). The molecule has 1 N–H and O–H groups in total. The van der Waals surface area contributed by atoms with E-state index < -0.39 is 5.97 Å². The Morgan fingerprint density at radius 3 is 2.69 bits per heavy atom. The quantitative estimate of drug-likeness (QED) is 0.715. The average molecular weight is 352 g/mol. The number of hydrogen-bond donors (Lipinski definition) is 1. The number of carboxylic acids is 1. The topological polar surface area (TPSA) is 93.3 Å². The summed E-state index contributed by atoms with van der Waals surface area (Å²) >= 11 is 0. The lowest BCUT2D eigenvalue weighted by atomic mass is 9.86. The van der Waals surface area contributed by atoms with Gasteiger partial charge in [-0.15, -0.1) is 0 Å². The molecule has 1 aliphatic carbocycles. The number of carboxylic acid groups (broad SMARTS) is 1. The first kappa shape index (κ1) is 16.7. The smallest absolute Gasteiger partial charge is 0.337 e. The first-order valence-corrected chi connectivity index (χ1v) is 9.09. The van der Waals surface area contributed by atoms with Crippen molar-refractivity contribution in [3.05, 3.63) is 45.4 Å². The molecule has 1 saturated carbocycles. The summed E-state index contributed by atoms with van der Waals surface area (Å²) in [5.74, 6) is -0.724. The zero-order valence-corrected chi connectivity index (χ0v) is 14.6. The molecule has 0 aromatic carbocycles. The van der Waals surface area contributed by atoms with Gasteiger partial charge in [0.1, 0.15) is 0 Å². The predicted octanol–water partition coefficient (Wildman–Crippen LogP) is 4.04. The van der Waals surface area contributed by atoms with Gasteiger partial charge in [0.15, 0.2) is 11.1 Å². The largest absolute Gasteiger partial charge is 0.478 e. The number of hydrogen-bond acceptors (Lipinski definition) is 5. The third-order valence-electron chi connectivity index (χ3n) is 5.20. The fraction of sp³-hybridized carbons (Fsp3) is 0.400. The van der Waals surface area contributed by atoms with E-state index >= 15 is 0 Å². The fourth-order valence-corrected chi connectivity index (χ4v) is 3.79. The second-order valence-electron chi connectivity index (χ2n) is 6.84. The number of aromatic nitrogens is 2. The molecule has 0 amide bonds. The molecule has 26 heavy (non-hydrogen) atoms. The Balaban J connectivity index is 1.93. The van der Waals surface area contributed by atoms with Gasteiger partial charge < -0.3 is 9.52 Å². The van der Waals surface area contributed by atoms with Crippen molar-refractivity contribution < 1.29 is 14.3 Å². The van der Waals surface area contributed by atoms with Gasteiger partial charge in [-0.05, 0) is 37.5 Å². The van der Waals surface area contributed by atoms with Gasteiger partial charge >= 0.3 is 5.97 Å². The Labute approximate surface area is 149 Å². The number of rotatable bonds is 3. The van der Waals surface area contributed by atoms with Crippen LogP contribution in [0.5, 0.6) is 0 Å². The van der Waals surface area contributed by atoms with Crippen LogP contribution in [0.3, 0.4) is 0 Å². The van der Waals surface area contributed by atoms with Crippen molar-refractivity contribution in [3.63, 3.8) is 0 Å². The van der Waals surface area contributed by atoms with Crippen LogP contribution in [0.25, 0.3) is 22.2 Å². The van der Waals surface area contributed by atoms with Crippen LogP contribution in [0, 0.1) is 0 Å². The molecule has 1 fully saturated rings. The molecule has 0 spiro atoms. The lowest BCUT2D eigenvalue weighted by Crippen LogP contribution is -2.12. The first-order valence-electron chi connectivity index (χ1n) is 9.09. The molecular formula is C20H20N2O4. The van der Waals surface area contributed by atoms with E-state index in [0.717, 1.165) is 18.5 Å². The molecule has 0 aliphatic heterocycles. The van der Waals surface area contributed by atoms with E-state index in [1.54, 1.807) is 6.07 Å². The Bertz CT molecular complexity index is 1060. The molecule has 3 aromatic heterocycles. The Morgan fingerprint density at radius 2 is 2.00 bits per heavy atom. The summed E-state index contributed by atoms with van der Waals surface area (Å²) in [5, 5.41) is 9.55. The molecule has 6 nitrogen and oxygen atoms in total. The van der Waals surface area contributed by atoms with Crippen LogP contribution in [0.4, 0.5) is 0 Å². The maximum Gasteiger partial charge on any atom is 0.337 e. The summed E-state index contributed by atoms with van der Waals surface area (Å²) in [6, 6.07) is 5.08. The minimum Gasteiger partial charge on any atom is -0.478 e. The molecule has 3 aromatic rings. The highest BCUT2D eigenvalue weighted by molar-refractivity contribution is 5.94. The Kier molecular flexibility index (Phi) is 4.18. The van der Waals surface area contributed by atoms with Crippen LogP contribution in [0.1, 0.15) is 66.7 Å². The monoisotopic (exact) mass is 352 g/mol. The van der Waals surface area contributed by atoms with Crippen LogP contribution in [0.15, 0.2) is 27.4 Å². The number of aromatic carboxylic acids is 1. The van der Waals surface area contributed by atoms with Gasteiger partial charge in [0.2, 0.25) is 11.1 Å². The molecule has 0 unspecified atom stereocenters. The van der Waals surface area contributed by atoms with Crippen LogP contribution in [-0.2, 0) is 6.42 Å². The number of pyridine rings is 2. The van der Waals surface area contributed by atoms with E-state index in [0.29, 0.717) is 23.6 Å². The van der Waals surface area contributed by atoms with E-state index in [9.17, 15) is 14.7 Å². The zero-order valence-electron chi connectivity index (χ0n) is 14.6. The van der Waals surface area contributed by atoms with E-state index in [2.05, 4.69) is 9.97 Å². The van der Waals surface area contributed by atoms with Crippen molar-refractivity contribution in [2.45, 2.75) is 51.4 Å². The molecule has 6 heteroatoms. The van der Waals surface area contributed by atoms with Crippen molar-refractivity contribution in [1.29, 1.82) is 0 Å². The van der Waals surface area contributed by atoms with Gasteiger partial charge in [-0.25, -0.2) is 14.8 Å². The van der Waals surface area contributed by atoms with E-state index in [4.69, 9.17) is 4.42 Å². The fourth-order valence-electron chi connectivity index (χ4n) is 3.79. The zero-order chi connectivity index (χ0) is 18.3. The molecule has 134 valence electrons. The number of carbonyl (C=O) groups is 1. The number of nitrogens with zero attached hydrogens (tertiary/aromatic N) is 2. The highest BCUT2D eigenvalue weighted by Crippen LogP contribution is 2.32. The summed E-state index contributed by atoms with van der Waals surface area (Å²) in [5.41, 5.74) is 1.84. The molecule has 1 aliphatic rings. The number of aryl methyl sites for hydroxylation is 1. The normalized spacial score (nSPS) is 15.6. The molecule has 0 bridgehead atoms. The molecule has 0 radical (unpaired) electrons. The van der Waals surface area contributed by atoms with Crippen molar-refractivity contribution in [2.75, 3.05) is 0 Å². The predicted molar refractivity (Wildman–Crippen MR) is 97.7 cm³/mol. The van der Waals surface area contributed by atoms with Crippen LogP contribution < -0.4 is 5.43 Å². The second-order valence-corrected chi connectivity index (χ2v) is 6.84. The molecule has 0 atom stereocenters. The summed E-state index contributed by atoms with van der Waals surface area (Å²) in [6.07, 6.45) is 6.23. The molecular weight excluding hydrogens is 332 g/mol. The third-order valence-corrected chi connectivity index (χ3v) is 5.20. The lowest BCUT2D eigenvalue weighted by molar-refractivity contribution is 0.0695. The maximum atomic E-state index is 12.9. The van der Waals surface area contributed by atoms with Gasteiger partial charge in [-0.2, -0.15) is 0 Å². The Hall–Kier alpha value is -2.76. The van der Waals surface area contributed by atoms with Crippen molar-refractivity contribution >= 4 is 28.2 Å².